The first kappa shape index (κ1) is 76.0. The fraction of sp³-hybridized carbons (Fsp3) is 0.855. The largest absolute Gasteiger partial charge is 0.479 e. The zero-order chi connectivity index (χ0) is 58.9. The van der Waals surface area contributed by atoms with E-state index >= 15 is 0 Å². The molecule has 0 spiro atoms. The fourth-order valence-corrected chi connectivity index (χ4v) is 10.6. The van der Waals surface area contributed by atoms with Gasteiger partial charge in [-0.2, -0.15) is 0 Å². The van der Waals surface area contributed by atoms with Crippen LogP contribution in [0, 0.1) is 0 Å². The first-order chi connectivity index (χ1) is 39.6. The van der Waals surface area contributed by atoms with Crippen molar-refractivity contribution < 1.29 is 58.2 Å². The smallest absolute Gasteiger partial charge is 0.335 e. The molecule has 472 valence electrons. The lowest BCUT2D eigenvalue weighted by atomic mass is 9.98. The predicted molar refractivity (Wildman–Crippen MR) is 331 cm³/mol. The number of aliphatic hydroxyl groups is 2. The van der Waals surface area contributed by atoms with E-state index in [-0.39, 0.29) is 25.9 Å². The monoisotopic (exact) mass is 1140 g/mol. The molecule has 12 nitrogen and oxygen atoms in total. The summed E-state index contributed by atoms with van der Waals surface area (Å²) in [6.45, 7) is 5.94. The van der Waals surface area contributed by atoms with Crippen LogP contribution >= 0.6 is 0 Å². The molecule has 6 atom stereocenters. The highest BCUT2D eigenvalue weighted by molar-refractivity contribution is 5.74. The van der Waals surface area contributed by atoms with Crippen molar-refractivity contribution in [3.8, 4) is 0 Å². The van der Waals surface area contributed by atoms with E-state index in [1.54, 1.807) is 0 Å². The normalized spacial score (nSPS) is 17.9. The minimum Gasteiger partial charge on any atom is -0.479 e. The van der Waals surface area contributed by atoms with Gasteiger partial charge in [-0.3, -0.25) is 14.4 Å². The fourth-order valence-electron chi connectivity index (χ4n) is 10.6. The van der Waals surface area contributed by atoms with Crippen LogP contribution in [0.5, 0.6) is 0 Å². The van der Waals surface area contributed by atoms with E-state index in [9.17, 15) is 34.5 Å². The minimum absolute atomic E-state index is 0.0665. The maximum absolute atomic E-state index is 13.2. The Bertz CT molecular complexity index is 1550. The van der Waals surface area contributed by atoms with Gasteiger partial charge in [0.25, 0.3) is 0 Å². The Morgan fingerprint density at radius 2 is 0.778 bits per heavy atom. The average molecular weight is 1150 g/mol. The number of aliphatic hydroxyl groups excluding tert-OH is 2. The first-order valence-corrected chi connectivity index (χ1v) is 34.0. The van der Waals surface area contributed by atoms with Crippen LogP contribution in [-0.4, -0.2) is 89.2 Å². The molecule has 6 unspecified atom stereocenters. The lowest BCUT2D eigenvalue weighted by Crippen LogP contribution is -2.61. The second-order valence-corrected chi connectivity index (χ2v) is 23.4. The molecule has 0 bridgehead atoms. The summed E-state index contributed by atoms with van der Waals surface area (Å²) in [5.41, 5.74) is 0. The van der Waals surface area contributed by atoms with E-state index in [0.717, 1.165) is 89.9 Å². The van der Waals surface area contributed by atoms with Crippen LogP contribution in [0.3, 0.4) is 0 Å². The molecule has 0 amide bonds. The number of allylic oxidation sites excluding steroid dienone is 6. The van der Waals surface area contributed by atoms with Crippen LogP contribution in [0.1, 0.15) is 329 Å². The van der Waals surface area contributed by atoms with Crippen LogP contribution in [0.4, 0.5) is 0 Å². The Kier molecular flexibility index (Phi) is 53.8. The number of hydrogen-bond acceptors (Lipinski definition) is 11. The molecular formula is C69H124O12. The second-order valence-electron chi connectivity index (χ2n) is 23.4. The average Bonchev–Trinajstić information content (AvgIpc) is 3.53. The molecule has 81 heavy (non-hydrogen) atoms. The summed E-state index contributed by atoms with van der Waals surface area (Å²) < 4.78 is 28.6. The quantitative estimate of drug-likeness (QED) is 0.0228. The van der Waals surface area contributed by atoms with Crippen molar-refractivity contribution in [1.82, 2.24) is 0 Å². The molecule has 0 saturated carbocycles. The number of carboxylic acids is 1. The molecule has 12 heteroatoms. The van der Waals surface area contributed by atoms with Gasteiger partial charge in [-0.05, 0) is 51.4 Å². The minimum atomic E-state index is -1.90. The number of hydrogen-bond donors (Lipinski definition) is 3. The highest BCUT2D eigenvalue weighted by atomic mass is 16.7. The van der Waals surface area contributed by atoms with Gasteiger partial charge in [0.15, 0.2) is 24.6 Å². The topological polar surface area (TPSA) is 175 Å². The van der Waals surface area contributed by atoms with Gasteiger partial charge in [-0.1, -0.05) is 295 Å². The summed E-state index contributed by atoms with van der Waals surface area (Å²) in [6, 6.07) is 0. The number of rotatable bonds is 59. The molecule has 1 rings (SSSR count). The molecule has 1 fully saturated rings. The molecule has 1 aliphatic rings. The maximum Gasteiger partial charge on any atom is 0.335 e. The van der Waals surface area contributed by atoms with E-state index in [0.29, 0.717) is 19.3 Å². The zero-order valence-electron chi connectivity index (χ0n) is 52.3. The third-order valence-corrected chi connectivity index (χ3v) is 15.7. The van der Waals surface area contributed by atoms with Crippen molar-refractivity contribution in [3.63, 3.8) is 0 Å². The number of carbonyl (C=O) groups excluding carboxylic acids is 3. The Labute approximate surface area is 495 Å². The molecule has 0 aromatic carbocycles. The molecule has 1 aliphatic heterocycles. The summed E-state index contributed by atoms with van der Waals surface area (Å²) in [5.74, 6) is -3.09. The van der Waals surface area contributed by atoms with Gasteiger partial charge in [-0.15, -0.1) is 0 Å². The summed E-state index contributed by atoms with van der Waals surface area (Å²) in [7, 11) is 0. The molecule has 0 aromatic rings. The zero-order valence-corrected chi connectivity index (χ0v) is 52.3. The molecule has 1 heterocycles. The number of carbonyl (C=O) groups is 4. The third-order valence-electron chi connectivity index (χ3n) is 15.7. The van der Waals surface area contributed by atoms with Crippen LogP contribution < -0.4 is 0 Å². The summed E-state index contributed by atoms with van der Waals surface area (Å²) in [5, 5.41) is 31.6. The van der Waals surface area contributed by atoms with Crippen molar-refractivity contribution in [2.75, 3.05) is 13.2 Å². The SMILES string of the molecule is CC/C=C\C/C=C\C/C=C\CCCCCCCCCC(=O)OCC(COC1OC(C(=O)O)C(O)C(O)C1OC(=O)CCCCCCCCCCCCCCCCCCCCC)OC(=O)CCCCCCCCCCCCCCCCC. The van der Waals surface area contributed by atoms with E-state index < -0.39 is 67.3 Å². The van der Waals surface area contributed by atoms with Crippen molar-refractivity contribution in [2.45, 2.75) is 366 Å². The van der Waals surface area contributed by atoms with Crippen LogP contribution in [0.25, 0.3) is 0 Å². The number of esters is 3. The van der Waals surface area contributed by atoms with Crippen molar-refractivity contribution >= 4 is 23.9 Å². The standard InChI is InChI=1S/C69H124O12/c1-4-7-10-13-16-19-22-25-28-30-31-33-36-39-42-45-48-51-54-57-63(72)80-67-65(74)64(73)66(68(75)76)81-69(67)78-59-60(79-62(71)56-53-50-47-44-41-38-34-27-24-21-18-15-12-9-6-3)58-77-61(70)55-52-49-46-43-40-37-35-32-29-26-23-20-17-14-11-8-5-2/h8,11,17,20,26,29,60,64-67,69,73-74H,4-7,9-10,12-16,18-19,21-25,27-28,30-59H2,1-3H3,(H,75,76)/b11-8-,20-17-,29-26-. The van der Waals surface area contributed by atoms with Crippen molar-refractivity contribution in [3.05, 3.63) is 36.5 Å². The number of carboxylic acid groups (broad SMARTS) is 1. The van der Waals surface area contributed by atoms with Crippen LogP contribution in [-0.2, 0) is 42.9 Å². The lowest BCUT2D eigenvalue weighted by molar-refractivity contribution is -0.301. The summed E-state index contributed by atoms with van der Waals surface area (Å²) in [4.78, 5) is 51.4. The number of unbranched alkanes of at least 4 members (excludes halogenated alkanes) is 39. The van der Waals surface area contributed by atoms with Gasteiger partial charge in [-0.25, -0.2) is 4.79 Å². The Hall–Kier alpha value is -3.06. The molecule has 0 aromatic heterocycles. The molecule has 1 saturated heterocycles. The van der Waals surface area contributed by atoms with Crippen molar-refractivity contribution in [2.24, 2.45) is 0 Å². The number of ether oxygens (including phenoxy) is 5. The molecule has 3 N–H and O–H groups in total. The predicted octanol–water partition coefficient (Wildman–Crippen LogP) is 18.4. The van der Waals surface area contributed by atoms with Gasteiger partial charge in [0, 0.05) is 19.3 Å². The van der Waals surface area contributed by atoms with E-state index in [2.05, 4.69) is 57.2 Å². The van der Waals surface area contributed by atoms with Gasteiger partial charge in [0.2, 0.25) is 0 Å². The van der Waals surface area contributed by atoms with Gasteiger partial charge in [0.05, 0.1) is 6.61 Å². The third kappa shape index (κ3) is 46.9. The maximum atomic E-state index is 13.2. The van der Waals surface area contributed by atoms with Gasteiger partial charge >= 0.3 is 23.9 Å². The van der Waals surface area contributed by atoms with Gasteiger partial charge < -0.3 is 39.0 Å². The second kappa shape index (κ2) is 57.4. The Morgan fingerprint density at radius 3 is 1.19 bits per heavy atom. The summed E-state index contributed by atoms with van der Waals surface area (Å²) >= 11 is 0. The molecular weight excluding hydrogens is 1020 g/mol. The number of aliphatic carboxylic acids is 1. The van der Waals surface area contributed by atoms with Crippen LogP contribution in [0.15, 0.2) is 36.5 Å². The first-order valence-electron chi connectivity index (χ1n) is 34.0. The molecule has 0 aliphatic carbocycles. The van der Waals surface area contributed by atoms with E-state index in [1.165, 1.54) is 180 Å². The lowest BCUT2D eigenvalue weighted by Gasteiger charge is -2.40. The summed E-state index contributed by atoms with van der Waals surface area (Å²) in [6.07, 6.45) is 56.7. The molecule has 0 radical (unpaired) electrons. The Balaban J connectivity index is 2.62. The van der Waals surface area contributed by atoms with Crippen LogP contribution in [0.2, 0.25) is 0 Å². The van der Waals surface area contributed by atoms with E-state index in [4.69, 9.17) is 23.7 Å². The van der Waals surface area contributed by atoms with Gasteiger partial charge in [0.1, 0.15) is 18.8 Å². The van der Waals surface area contributed by atoms with Crippen molar-refractivity contribution in [1.29, 1.82) is 0 Å². The van der Waals surface area contributed by atoms with E-state index in [1.807, 2.05) is 0 Å². The highest BCUT2D eigenvalue weighted by Crippen LogP contribution is 2.27. The Morgan fingerprint density at radius 1 is 0.420 bits per heavy atom. The highest BCUT2D eigenvalue weighted by Gasteiger charge is 2.50.